The van der Waals surface area contributed by atoms with Crippen molar-refractivity contribution in [3.8, 4) is 23.0 Å². The Morgan fingerprint density at radius 1 is 0.660 bits per heavy atom. The van der Waals surface area contributed by atoms with Crippen molar-refractivity contribution in [3.63, 3.8) is 0 Å². The summed E-state index contributed by atoms with van der Waals surface area (Å²) in [6.07, 6.45) is 0. The number of rotatable bonds is 13. The highest BCUT2D eigenvalue weighted by atomic mass is 32.1. The smallest absolute Gasteiger partial charge is 0.358 e. The number of anilines is 2. The number of nitrogens with one attached hydrogen (secondary N) is 2. The number of carbonyl (C=O) groups is 2. The minimum Gasteiger partial charge on any atom is -0.493 e. The minimum absolute atomic E-state index is 0.00446. The van der Waals surface area contributed by atoms with Gasteiger partial charge in [-0.2, -0.15) is 0 Å². The first-order valence-corrected chi connectivity index (χ1v) is 16.8. The molecule has 0 bridgehead atoms. The third kappa shape index (κ3) is 8.27. The van der Waals surface area contributed by atoms with Gasteiger partial charge in [0.05, 0.1) is 55.5 Å². The molecule has 6 aromatic rings. The van der Waals surface area contributed by atoms with Gasteiger partial charge in [-0.15, -0.1) is 22.7 Å². The van der Waals surface area contributed by atoms with E-state index in [1.165, 1.54) is 22.7 Å². The highest BCUT2D eigenvalue weighted by Gasteiger charge is 2.18. The molecule has 16 heteroatoms. The predicted molar refractivity (Wildman–Crippen MR) is 191 cm³/mol. The summed E-state index contributed by atoms with van der Waals surface area (Å²) in [6.45, 7) is 2.96. The molecule has 0 radical (unpaired) electrons. The number of fused-ring (bicyclic) bond motifs is 2. The van der Waals surface area contributed by atoms with Crippen molar-refractivity contribution in [3.05, 3.63) is 81.8 Å². The van der Waals surface area contributed by atoms with E-state index in [0.29, 0.717) is 64.4 Å². The standard InChI is InChI=1S/C18H19N3O4S.C16H15N3O4S/c1-4-25-17(22)15-16-12(7-8-26-16)20-18(21-15)19-10-11-5-6-13(23-2)14(9-11)24-3;1-22-11-4-3-9(7-12(11)23-2)8-17-16-18-10-5-6-24-14(10)13(19-16)15(20)21/h5-9H,4,10H2,1-3H3,(H,19,20,21);3-7H,8H2,1-2H3,(H,20,21)(H,17,18,19). The second kappa shape index (κ2) is 16.6. The van der Waals surface area contributed by atoms with E-state index in [0.717, 1.165) is 15.8 Å². The predicted octanol–water partition coefficient (Wildman–Crippen LogP) is 6.52. The summed E-state index contributed by atoms with van der Waals surface area (Å²) < 4.78 is 27.4. The van der Waals surface area contributed by atoms with Crippen molar-refractivity contribution in [2.45, 2.75) is 20.0 Å². The first-order chi connectivity index (χ1) is 24.3. The van der Waals surface area contributed by atoms with Crippen LogP contribution < -0.4 is 29.6 Å². The zero-order valence-corrected chi connectivity index (χ0v) is 29.4. The number of thiophene rings is 2. The van der Waals surface area contributed by atoms with E-state index >= 15 is 0 Å². The number of carboxylic acid groups (broad SMARTS) is 1. The van der Waals surface area contributed by atoms with Gasteiger partial charge in [0.2, 0.25) is 11.9 Å². The Morgan fingerprint density at radius 3 is 1.56 bits per heavy atom. The van der Waals surface area contributed by atoms with Gasteiger partial charge in [0.1, 0.15) is 0 Å². The zero-order valence-electron chi connectivity index (χ0n) is 27.8. The van der Waals surface area contributed by atoms with E-state index in [-0.39, 0.29) is 17.3 Å². The molecule has 0 unspecified atom stereocenters. The van der Waals surface area contributed by atoms with E-state index in [2.05, 4.69) is 30.6 Å². The van der Waals surface area contributed by atoms with Crippen molar-refractivity contribution >= 4 is 66.9 Å². The van der Waals surface area contributed by atoms with E-state index in [9.17, 15) is 14.7 Å². The molecule has 4 heterocycles. The van der Waals surface area contributed by atoms with Crippen molar-refractivity contribution < 1.29 is 38.4 Å². The molecule has 0 aliphatic rings. The van der Waals surface area contributed by atoms with E-state index in [1.807, 2.05) is 41.8 Å². The SMILES string of the molecule is CCOC(=O)c1nc(NCc2ccc(OC)c(OC)c2)nc2ccsc12.COc1ccc(CNc2nc(C(=O)O)c3sccc3n2)cc1OC. The van der Waals surface area contributed by atoms with Crippen LogP contribution in [0.1, 0.15) is 39.0 Å². The number of aromatic carboxylic acids is 1. The number of carbonyl (C=O) groups excluding carboxylic acids is 1. The van der Waals surface area contributed by atoms with Gasteiger partial charge in [-0.1, -0.05) is 12.1 Å². The maximum atomic E-state index is 12.2. The highest BCUT2D eigenvalue weighted by Crippen LogP contribution is 2.30. The number of aromatic nitrogens is 4. The largest absolute Gasteiger partial charge is 0.493 e. The molecule has 0 amide bonds. The van der Waals surface area contributed by atoms with Crippen molar-refractivity contribution in [1.82, 2.24) is 19.9 Å². The van der Waals surface area contributed by atoms with Gasteiger partial charge in [-0.3, -0.25) is 0 Å². The number of esters is 1. The van der Waals surface area contributed by atoms with Crippen molar-refractivity contribution in [2.75, 3.05) is 45.7 Å². The molecular weight excluding hydrogens is 685 g/mol. The van der Waals surface area contributed by atoms with Gasteiger partial charge in [0, 0.05) is 13.1 Å². The molecule has 3 N–H and O–H groups in total. The molecule has 0 saturated carbocycles. The maximum Gasteiger partial charge on any atom is 0.358 e. The van der Waals surface area contributed by atoms with Crippen LogP contribution in [-0.4, -0.2) is 72.0 Å². The molecule has 50 heavy (non-hydrogen) atoms. The Labute approximate surface area is 295 Å². The Kier molecular flexibility index (Phi) is 11.8. The fourth-order valence-electron chi connectivity index (χ4n) is 4.71. The summed E-state index contributed by atoms with van der Waals surface area (Å²) in [7, 11) is 6.33. The van der Waals surface area contributed by atoms with Crippen LogP contribution in [0.5, 0.6) is 23.0 Å². The lowest BCUT2D eigenvalue weighted by molar-refractivity contribution is 0.0521. The molecule has 0 saturated heterocycles. The molecule has 0 fully saturated rings. The highest BCUT2D eigenvalue weighted by molar-refractivity contribution is 7.17. The Balaban J connectivity index is 0.000000195. The van der Waals surface area contributed by atoms with Crippen LogP contribution in [0.15, 0.2) is 59.3 Å². The summed E-state index contributed by atoms with van der Waals surface area (Å²) >= 11 is 2.73. The van der Waals surface area contributed by atoms with Gasteiger partial charge in [-0.25, -0.2) is 29.5 Å². The number of carboxylic acids is 1. The molecule has 0 aliphatic heterocycles. The molecule has 6 rings (SSSR count). The second-order valence-corrected chi connectivity index (χ2v) is 12.0. The molecule has 2 aromatic carbocycles. The van der Waals surface area contributed by atoms with Gasteiger partial charge in [-0.05, 0) is 65.2 Å². The van der Waals surface area contributed by atoms with Gasteiger partial charge >= 0.3 is 11.9 Å². The number of nitrogens with zero attached hydrogens (tertiary/aromatic N) is 4. The monoisotopic (exact) mass is 718 g/mol. The first kappa shape index (κ1) is 35.6. The van der Waals surface area contributed by atoms with E-state index < -0.39 is 11.9 Å². The zero-order chi connectivity index (χ0) is 35.6. The summed E-state index contributed by atoms with van der Waals surface area (Å²) in [5.41, 5.74) is 3.50. The van der Waals surface area contributed by atoms with Crippen LogP contribution in [0.3, 0.4) is 0 Å². The fraction of sp³-hybridized carbons (Fsp3) is 0.235. The average Bonchev–Trinajstić information content (AvgIpc) is 3.82. The number of hydrogen-bond donors (Lipinski definition) is 3. The topological polar surface area (TPSA) is 176 Å². The van der Waals surface area contributed by atoms with Crippen LogP contribution in [0.4, 0.5) is 11.9 Å². The Morgan fingerprint density at radius 2 is 1.12 bits per heavy atom. The third-order valence-electron chi connectivity index (χ3n) is 7.08. The van der Waals surface area contributed by atoms with Crippen LogP contribution in [0, 0.1) is 0 Å². The molecule has 0 atom stereocenters. The lowest BCUT2D eigenvalue weighted by Crippen LogP contribution is -2.11. The van der Waals surface area contributed by atoms with Gasteiger partial charge < -0.3 is 39.4 Å². The van der Waals surface area contributed by atoms with E-state index in [1.54, 1.807) is 52.9 Å². The number of ether oxygens (including phenoxy) is 5. The lowest BCUT2D eigenvalue weighted by atomic mass is 10.2. The molecule has 0 aliphatic carbocycles. The molecule has 14 nitrogen and oxygen atoms in total. The molecule has 260 valence electrons. The van der Waals surface area contributed by atoms with Crippen LogP contribution in [0.2, 0.25) is 0 Å². The van der Waals surface area contributed by atoms with E-state index in [4.69, 9.17) is 23.7 Å². The minimum atomic E-state index is -1.07. The molecular formula is C34H34N6O8S2. The quantitative estimate of drug-likeness (QED) is 0.110. The number of benzene rings is 2. The van der Waals surface area contributed by atoms with Gasteiger partial charge in [0.25, 0.3) is 0 Å². The second-order valence-electron chi connectivity index (χ2n) is 10.2. The summed E-state index contributed by atoms with van der Waals surface area (Å²) in [5, 5.41) is 19.2. The van der Waals surface area contributed by atoms with Crippen LogP contribution >= 0.6 is 22.7 Å². The first-order valence-electron chi connectivity index (χ1n) is 15.1. The lowest BCUT2D eigenvalue weighted by Gasteiger charge is -2.11. The summed E-state index contributed by atoms with van der Waals surface area (Å²) in [4.78, 5) is 40.8. The Hall–Kier alpha value is -5.74. The molecule has 4 aromatic heterocycles. The van der Waals surface area contributed by atoms with Crippen molar-refractivity contribution in [1.29, 1.82) is 0 Å². The normalized spacial score (nSPS) is 10.6. The summed E-state index contributed by atoms with van der Waals surface area (Å²) in [5.74, 6) is 1.70. The number of hydrogen-bond acceptors (Lipinski definition) is 15. The third-order valence-corrected chi connectivity index (χ3v) is 8.90. The maximum absolute atomic E-state index is 12.2. The Bertz CT molecular complexity index is 2120. The average molecular weight is 719 g/mol. The number of methoxy groups -OCH3 is 4. The molecule has 0 spiro atoms. The van der Waals surface area contributed by atoms with Gasteiger partial charge in [0.15, 0.2) is 34.4 Å². The van der Waals surface area contributed by atoms with Crippen LogP contribution in [0.25, 0.3) is 20.4 Å². The summed E-state index contributed by atoms with van der Waals surface area (Å²) in [6, 6.07) is 14.8. The van der Waals surface area contributed by atoms with Crippen molar-refractivity contribution in [2.24, 2.45) is 0 Å². The fourth-order valence-corrected chi connectivity index (χ4v) is 6.33. The van der Waals surface area contributed by atoms with Crippen LogP contribution in [-0.2, 0) is 17.8 Å².